The third-order valence-corrected chi connectivity index (χ3v) is 2.72. The fourth-order valence-electron chi connectivity index (χ4n) is 2.05. The Kier molecular flexibility index (Phi) is 3.28. The van der Waals surface area contributed by atoms with Crippen LogP contribution in [0.15, 0.2) is 41.0 Å². The van der Waals surface area contributed by atoms with Gasteiger partial charge in [0.15, 0.2) is 5.94 Å². The number of hydrogen-bond donors (Lipinski definition) is 1. The lowest BCUT2D eigenvalue weighted by Crippen LogP contribution is -2.16. The second-order valence-electron chi connectivity index (χ2n) is 3.75. The second-order valence-corrected chi connectivity index (χ2v) is 3.75. The standard InChI is InChI=1S/C13H15NO2/c1-2-16-12-7-8-14-11(9-15)13(12)10-5-3-4-6-10/h5,7-8,14H,2-4,6H2,1H3. The molecular formula is C13H15NO2. The van der Waals surface area contributed by atoms with Gasteiger partial charge < -0.3 is 10.1 Å². The molecular weight excluding hydrogens is 202 g/mol. The van der Waals surface area contributed by atoms with Crippen LogP contribution in [-0.4, -0.2) is 12.5 Å². The molecule has 1 heterocycles. The number of allylic oxidation sites excluding steroid dienone is 3. The van der Waals surface area contributed by atoms with E-state index in [9.17, 15) is 4.79 Å². The normalized spacial score (nSPS) is 19.3. The van der Waals surface area contributed by atoms with Crippen LogP contribution in [0.5, 0.6) is 0 Å². The van der Waals surface area contributed by atoms with E-state index in [1.165, 1.54) is 5.57 Å². The van der Waals surface area contributed by atoms with Crippen molar-refractivity contribution in [3.8, 4) is 0 Å². The van der Waals surface area contributed by atoms with Crippen molar-refractivity contribution in [3.05, 3.63) is 41.0 Å². The van der Waals surface area contributed by atoms with Crippen LogP contribution in [0.4, 0.5) is 0 Å². The van der Waals surface area contributed by atoms with E-state index in [-0.39, 0.29) is 0 Å². The minimum absolute atomic E-state index is 0.485. The van der Waals surface area contributed by atoms with E-state index in [0.717, 1.165) is 30.6 Å². The van der Waals surface area contributed by atoms with Crippen LogP contribution in [0.1, 0.15) is 26.2 Å². The molecule has 0 atom stereocenters. The van der Waals surface area contributed by atoms with Crippen LogP contribution < -0.4 is 5.32 Å². The smallest absolute Gasteiger partial charge is 0.151 e. The highest BCUT2D eigenvalue weighted by molar-refractivity contribution is 5.68. The topological polar surface area (TPSA) is 38.3 Å². The number of dihydropyridines is 1. The minimum atomic E-state index is 0.485. The Morgan fingerprint density at radius 3 is 3.06 bits per heavy atom. The first-order valence-corrected chi connectivity index (χ1v) is 5.62. The molecule has 0 bridgehead atoms. The molecule has 16 heavy (non-hydrogen) atoms. The third kappa shape index (κ3) is 1.95. The first kappa shape index (κ1) is 10.8. The van der Waals surface area contributed by atoms with Crippen molar-refractivity contribution in [2.45, 2.75) is 26.2 Å². The summed E-state index contributed by atoms with van der Waals surface area (Å²) in [6.07, 6.45) is 8.98. The van der Waals surface area contributed by atoms with E-state index < -0.39 is 0 Å². The Morgan fingerprint density at radius 1 is 1.56 bits per heavy atom. The van der Waals surface area contributed by atoms with E-state index in [1.807, 2.05) is 18.9 Å². The van der Waals surface area contributed by atoms with E-state index in [2.05, 4.69) is 11.4 Å². The minimum Gasteiger partial charge on any atom is -0.493 e. The first-order chi connectivity index (χ1) is 7.86. The quantitative estimate of drug-likeness (QED) is 0.737. The van der Waals surface area contributed by atoms with Crippen LogP contribution in [-0.2, 0) is 9.53 Å². The Bertz CT molecular complexity index is 423. The summed E-state index contributed by atoms with van der Waals surface area (Å²) in [6, 6.07) is 0. The van der Waals surface area contributed by atoms with Gasteiger partial charge in [-0.2, -0.15) is 0 Å². The van der Waals surface area contributed by atoms with Gasteiger partial charge in [0.2, 0.25) is 0 Å². The number of nitrogens with one attached hydrogen (secondary N) is 1. The molecule has 3 heteroatoms. The van der Waals surface area contributed by atoms with Gasteiger partial charge in [-0.25, -0.2) is 4.79 Å². The maximum Gasteiger partial charge on any atom is 0.151 e. The average Bonchev–Trinajstić information content (AvgIpc) is 2.82. The number of carbonyl (C=O) groups excluding carboxylic acids is 1. The number of ether oxygens (including phenoxy) is 1. The van der Waals surface area contributed by atoms with E-state index >= 15 is 0 Å². The molecule has 0 saturated carbocycles. The molecule has 0 fully saturated rings. The van der Waals surface area contributed by atoms with Gasteiger partial charge in [0.05, 0.1) is 12.2 Å². The van der Waals surface area contributed by atoms with E-state index in [1.54, 1.807) is 6.20 Å². The largest absolute Gasteiger partial charge is 0.493 e. The molecule has 0 unspecified atom stereocenters. The van der Waals surface area contributed by atoms with Gasteiger partial charge in [0, 0.05) is 6.20 Å². The van der Waals surface area contributed by atoms with Crippen molar-refractivity contribution in [3.63, 3.8) is 0 Å². The van der Waals surface area contributed by atoms with Crippen LogP contribution >= 0.6 is 0 Å². The van der Waals surface area contributed by atoms with Gasteiger partial charge in [-0.15, -0.1) is 0 Å². The van der Waals surface area contributed by atoms with Crippen molar-refractivity contribution in [1.29, 1.82) is 0 Å². The van der Waals surface area contributed by atoms with E-state index in [4.69, 9.17) is 4.74 Å². The SMILES string of the molecule is CCOC1=C(C2=CCCC2)C(=C=O)NC=C1. The maximum absolute atomic E-state index is 10.9. The summed E-state index contributed by atoms with van der Waals surface area (Å²) in [6.45, 7) is 2.54. The molecule has 0 aromatic rings. The van der Waals surface area contributed by atoms with Crippen LogP contribution in [0.25, 0.3) is 0 Å². The molecule has 0 amide bonds. The third-order valence-electron chi connectivity index (χ3n) is 2.72. The van der Waals surface area contributed by atoms with Crippen molar-refractivity contribution >= 4 is 5.94 Å². The molecule has 0 aromatic carbocycles. The number of rotatable bonds is 3. The zero-order valence-electron chi connectivity index (χ0n) is 9.38. The zero-order chi connectivity index (χ0) is 11.4. The summed E-state index contributed by atoms with van der Waals surface area (Å²) in [5.41, 5.74) is 2.56. The van der Waals surface area contributed by atoms with Crippen molar-refractivity contribution in [2.24, 2.45) is 0 Å². The van der Waals surface area contributed by atoms with Crippen molar-refractivity contribution in [1.82, 2.24) is 5.32 Å². The molecule has 3 nitrogen and oxygen atoms in total. The molecule has 84 valence electrons. The van der Waals surface area contributed by atoms with Crippen LogP contribution in [0.3, 0.4) is 0 Å². The fraction of sp³-hybridized carbons (Fsp3) is 0.385. The zero-order valence-corrected chi connectivity index (χ0v) is 9.38. The Hall–Kier alpha value is -1.73. The van der Waals surface area contributed by atoms with Gasteiger partial charge in [-0.3, -0.25) is 0 Å². The van der Waals surface area contributed by atoms with Crippen molar-refractivity contribution in [2.75, 3.05) is 6.61 Å². The lowest BCUT2D eigenvalue weighted by atomic mass is 9.99. The average molecular weight is 217 g/mol. The monoisotopic (exact) mass is 217 g/mol. The summed E-state index contributed by atoms with van der Waals surface area (Å²) in [7, 11) is 0. The predicted octanol–water partition coefficient (Wildman–Crippen LogP) is 2.22. The molecule has 0 aromatic heterocycles. The summed E-state index contributed by atoms with van der Waals surface area (Å²) in [4.78, 5) is 10.9. The molecule has 0 radical (unpaired) electrons. The highest BCUT2D eigenvalue weighted by Gasteiger charge is 2.21. The van der Waals surface area contributed by atoms with Gasteiger partial charge in [-0.1, -0.05) is 6.08 Å². The fourth-order valence-corrected chi connectivity index (χ4v) is 2.05. The summed E-state index contributed by atoms with van der Waals surface area (Å²) in [5, 5.41) is 2.92. The number of hydrogen-bond acceptors (Lipinski definition) is 3. The Balaban J connectivity index is 2.44. The molecule has 1 aliphatic carbocycles. The molecule has 0 saturated heterocycles. The summed E-state index contributed by atoms with van der Waals surface area (Å²) >= 11 is 0. The van der Waals surface area contributed by atoms with Crippen LogP contribution in [0, 0.1) is 0 Å². The second kappa shape index (κ2) is 4.86. The lowest BCUT2D eigenvalue weighted by Gasteiger charge is -2.18. The molecule has 0 spiro atoms. The molecule has 2 rings (SSSR count). The van der Waals surface area contributed by atoms with Gasteiger partial charge in [0.25, 0.3) is 0 Å². The molecule has 2 aliphatic rings. The molecule has 1 N–H and O–H groups in total. The highest BCUT2D eigenvalue weighted by atomic mass is 16.5. The summed E-state index contributed by atoms with van der Waals surface area (Å²) in [5.74, 6) is 2.72. The van der Waals surface area contributed by atoms with Gasteiger partial charge in [0.1, 0.15) is 11.5 Å². The van der Waals surface area contributed by atoms with Crippen LogP contribution in [0.2, 0.25) is 0 Å². The molecule has 1 aliphatic heterocycles. The Labute approximate surface area is 95.2 Å². The summed E-state index contributed by atoms with van der Waals surface area (Å²) < 4.78 is 5.55. The van der Waals surface area contributed by atoms with E-state index in [0.29, 0.717) is 12.3 Å². The maximum atomic E-state index is 10.9. The Morgan fingerprint density at radius 2 is 2.44 bits per heavy atom. The van der Waals surface area contributed by atoms with Gasteiger partial charge >= 0.3 is 0 Å². The predicted molar refractivity (Wildman–Crippen MR) is 62.1 cm³/mol. The van der Waals surface area contributed by atoms with Crippen molar-refractivity contribution < 1.29 is 9.53 Å². The van der Waals surface area contributed by atoms with Gasteiger partial charge in [-0.05, 0) is 37.8 Å². The highest BCUT2D eigenvalue weighted by Crippen LogP contribution is 2.32. The first-order valence-electron chi connectivity index (χ1n) is 5.62. The lowest BCUT2D eigenvalue weighted by molar-refractivity contribution is 0.239.